The Bertz CT molecular complexity index is 787. The van der Waals surface area contributed by atoms with E-state index in [0.29, 0.717) is 12.1 Å². The van der Waals surface area contributed by atoms with E-state index >= 15 is 0 Å². The highest BCUT2D eigenvalue weighted by Crippen LogP contribution is 2.37. The molecule has 4 rings (SSSR count). The van der Waals surface area contributed by atoms with Gasteiger partial charge in [-0.15, -0.1) is 0 Å². The summed E-state index contributed by atoms with van der Waals surface area (Å²) < 4.78 is 16.7. The Kier molecular flexibility index (Phi) is 4.96. The molecular formula is C22H25NO3. The Morgan fingerprint density at radius 2 is 1.81 bits per heavy atom. The van der Waals surface area contributed by atoms with E-state index in [1.165, 1.54) is 16.7 Å². The molecule has 136 valence electrons. The maximum absolute atomic E-state index is 5.84. The van der Waals surface area contributed by atoms with Crippen molar-refractivity contribution in [1.29, 1.82) is 0 Å². The van der Waals surface area contributed by atoms with E-state index in [9.17, 15) is 0 Å². The number of morpholine rings is 1. The van der Waals surface area contributed by atoms with Gasteiger partial charge in [-0.1, -0.05) is 42.5 Å². The Morgan fingerprint density at radius 3 is 2.54 bits per heavy atom. The maximum atomic E-state index is 5.84. The number of fused-ring (bicyclic) bond motifs is 2. The lowest BCUT2D eigenvalue weighted by Crippen LogP contribution is -2.53. The van der Waals surface area contributed by atoms with Crippen molar-refractivity contribution in [2.45, 2.75) is 25.0 Å². The fourth-order valence-electron chi connectivity index (χ4n) is 3.95. The van der Waals surface area contributed by atoms with Gasteiger partial charge in [0.1, 0.15) is 0 Å². The monoisotopic (exact) mass is 351 g/mol. The molecule has 2 atom stereocenters. The van der Waals surface area contributed by atoms with E-state index in [4.69, 9.17) is 14.2 Å². The van der Waals surface area contributed by atoms with E-state index in [1.54, 1.807) is 14.2 Å². The summed E-state index contributed by atoms with van der Waals surface area (Å²) in [6.07, 6.45) is 3.35. The summed E-state index contributed by atoms with van der Waals surface area (Å²) in [7, 11) is 3.35. The zero-order valence-corrected chi connectivity index (χ0v) is 15.4. The van der Waals surface area contributed by atoms with E-state index < -0.39 is 0 Å². The van der Waals surface area contributed by atoms with E-state index in [1.807, 2.05) is 6.07 Å². The van der Waals surface area contributed by atoms with Crippen LogP contribution in [0.1, 0.15) is 17.5 Å². The molecule has 1 saturated heterocycles. The highest BCUT2D eigenvalue weighted by molar-refractivity contribution is 5.70. The summed E-state index contributed by atoms with van der Waals surface area (Å²) in [4.78, 5) is 2.57. The van der Waals surface area contributed by atoms with Gasteiger partial charge in [0.25, 0.3) is 0 Å². The van der Waals surface area contributed by atoms with Crippen LogP contribution in [-0.2, 0) is 11.3 Å². The smallest absolute Gasteiger partial charge is 0.161 e. The summed E-state index contributed by atoms with van der Waals surface area (Å²) in [5.41, 5.74) is 3.93. The molecule has 2 heterocycles. The predicted octanol–water partition coefficient (Wildman–Crippen LogP) is 3.76. The zero-order chi connectivity index (χ0) is 17.9. The standard InChI is InChI=1S/C22H25NO3/c1-24-21-9-8-17(12-22(21)25-2)18-10-19-14-26-15-20(11-18)23(19)13-16-6-4-3-5-7-16/h3-10,12,19-20H,11,13-15H2,1-2H3. The number of ether oxygens (including phenoxy) is 3. The van der Waals surface area contributed by atoms with Crippen LogP contribution < -0.4 is 9.47 Å². The van der Waals surface area contributed by atoms with Gasteiger partial charge < -0.3 is 14.2 Å². The number of hydrogen-bond acceptors (Lipinski definition) is 4. The molecule has 0 spiro atoms. The van der Waals surface area contributed by atoms with Crippen molar-refractivity contribution in [2.75, 3.05) is 27.4 Å². The van der Waals surface area contributed by atoms with Crippen molar-refractivity contribution < 1.29 is 14.2 Å². The second-order valence-electron chi connectivity index (χ2n) is 6.88. The predicted molar refractivity (Wildman–Crippen MR) is 103 cm³/mol. The number of hydrogen-bond donors (Lipinski definition) is 0. The van der Waals surface area contributed by atoms with E-state index in [0.717, 1.165) is 37.7 Å². The molecule has 2 aliphatic heterocycles. The average molecular weight is 351 g/mol. The number of benzene rings is 2. The lowest BCUT2D eigenvalue weighted by molar-refractivity contribution is -0.0402. The summed E-state index contributed by atoms with van der Waals surface area (Å²) in [5.74, 6) is 1.54. The van der Waals surface area contributed by atoms with Crippen LogP contribution >= 0.6 is 0 Å². The summed E-state index contributed by atoms with van der Waals surface area (Å²) in [6, 6.07) is 17.6. The normalized spacial score (nSPS) is 22.6. The van der Waals surface area contributed by atoms with Crippen molar-refractivity contribution in [3.8, 4) is 11.5 Å². The zero-order valence-electron chi connectivity index (χ0n) is 15.4. The lowest BCUT2D eigenvalue weighted by Gasteiger charge is -2.45. The van der Waals surface area contributed by atoms with Crippen LogP contribution in [0.4, 0.5) is 0 Å². The molecule has 0 N–H and O–H groups in total. The number of rotatable bonds is 5. The van der Waals surface area contributed by atoms with Gasteiger partial charge in [0, 0.05) is 12.6 Å². The minimum absolute atomic E-state index is 0.311. The van der Waals surface area contributed by atoms with Crippen LogP contribution in [0.5, 0.6) is 11.5 Å². The Hall–Kier alpha value is -2.30. The maximum Gasteiger partial charge on any atom is 0.161 e. The molecule has 2 aromatic carbocycles. The molecule has 2 bridgehead atoms. The van der Waals surface area contributed by atoms with Crippen molar-refractivity contribution in [3.05, 3.63) is 65.7 Å². The van der Waals surface area contributed by atoms with E-state index in [2.05, 4.69) is 53.4 Å². The fourth-order valence-corrected chi connectivity index (χ4v) is 3.95. The lowest BCUT2D eigenvalue weighted by atomic mass is 9.89. The van der Waals surface area contributed by atoms with Crippen LogP contribution in [0.3, 0.4) is 0 Å². The molecule has 0 amide bonds. The third kappa shape index (κ3) is 3.35. The molecular weight excluding hydrogens is 326 g/mol. The molecule has 1 fully saturated rings. The van der Waals surface area contributed by atoms with Crippen molar-refractivity contribution in [1.82, 2.24) is 4.90 Å². The van der Waals surface area contributed by atoms with Gasteiger partial charge in [-0.3, -0.25) is 4.90 Å². The van der Waals surface area contributed by atoms with Crippen LogP contribution in [0, 0.1) is 0 Å². The molecule has 4 heteroatoms. The minimum Gasteiger partial charge on any atom is -0.493 e. The van der Waals surface area contributed by atoms with Gasteiger partial charge in [-0.05, 0) is 35.3 Å². The SMILES string of the molecule is COc1ccc(C2=CC3COCC(C2)N3Cc2ccccc2)cc1OC. The fraction of sp³-hybridized carbons (Fsp3) is 0.364. The minimum atomic E-state index is 0.311. The first-order valence-electron chi connectivity index (χ1n) is 9.09. The van der Waals surface area contributed by atoms with Crippen molar-refractivity contribution >= 4 is 5.57 Å². The summed E-state index contributed by atoms with van der Waals surface area (Å²) >= 11 is 0. The number of methoxy groups -OCH3 is 2. The van der Waals surface area contributed by atoms with Crippen LogP contribution in [-0.4, -0.2) is 44.4 Å². The second kappa shape index (κ2) is 7.52. The molecule has 2 aromatic rings. The van der Waals surface area contributed by atoms with Crippen LogP contribution in [0.2, 0.25) is 0 Å². The third-order valence-corrected chi connectivity index (χ3v) is 5.31. The second-order valence-corrected chi connectivity index (χ2v) is 6.88. The first-order chi connectivity index (χ1) is 12.8. The highest BCUT2D eigenvalue weighted by Gasteiger charge is 2.35. The van der Waals surface area contributed by atoms with Gasteiger partial charge in [0.05, 0.1) is 33.5 Å². The Balaban J connectivity index is 1.60. The first-order valence-corrected chi connectivity index (χ1v) is 9.09. The van der Waals surface area contributed by atoms with Crippen molar-refractivity contribution in [3.63, 3.8) is 0 Å². The highest BCUT2D eigenvalue weighted by atomic mass is 16.5. The number of nitrogens with zero attached hydrogens (tertiary/aromatic N) is 1. The van der Waals surface area contributed by atoms with E-state index in [-0.39, 0.29) is 0 Å². The Labute approximate surface area is 155 Å². The molecule has 26 heavy (non-hydrogen) atoms. The quantitative estimate of drug-likeness (QED) is 0.821. The molecule has 4 nitrogen and oxygen atoms in total. The van der Waals surface area contributed by atoms with Gasteiger partial charge in [-0.25, -0.2) is 0 Å². The molecule has 0 saturated carbocycles. The average Bonchev–Trinajstić information content (AvgIpc) is 2.68. The third-order valence-electron chi connectivity index (χ3n) is 5.31. The summed E-state index contributed by atoms with van der Waals surface area (Å²) in [5, 5.41) is 0. The molecule has 0 aliphatic carbocycles. The van der Waals surface area contributed by atoms with Gasteiger partial charge in [-0.2, -0.15) is 0 Å². The van der Waals surface area contributed by atoms with Gasteiger partial charge in [0.15, 0.2) is 11.5 Å². The van der Waals surface area contributed by atoms with Crippen molar-refractivity contribution in [2.24, 2.45) is 0 Å². The molecule has 0 aromatic heterocycles. The Morgan fingerprint density at radius 1 is 1.00 bits per heavy atom. The first kappa shape index (κ1) is 17.1. The van der Waals surface area contributed by atoms with Gasteiger partial charge >= 0.3 is 0 Å². The summed E-state index contributed by atoms with van der Waals surface area (Å²) in [6.45, 7) is 2.50. The van der Waals surface area contributed by atoms with Crippen LogP contribution in [0.25, 0.3) is 5.57 Å². The molecule has 2 unspecified atom stereocenters. The molecule has 2 aliphatic rings. The molecule has 0 radical (unpaired) electrons. The van der Waals surface area contributed by atoms with Gasteiger partial charge in [0.2, 0.25) is 0 Å². The largest absolute Gasteiger partial charge is 0.493 e. The topological polar surface area (TPSA) is 30.9 Å². The van der Waals surface area contributed by atoms with Crippen LogP contribution in [0.15, 0.2) is 54.6 Å².